The van der Waals surface area contributed by atoms with E-state index in [2.05, 4.69) is 25.1 Å². The zero-order valence-corrected chi connectivity index (χ0v) is 16.3. The molecule has 2 aromatic rings. The molecule has 0 bridgehead atoms. The average molecular weight is 385 g/mol. The summed E-state index contributed by atoms with van der Waals surface area (Å²) in [6.45, 7) is 3.34. The van der Waals surface area contributed by atoms with Gasteiger partial charge in [0, 0.05) is 37.9 Å². The molecule has 6 nitrogen and oxygen atoms in total. The maximum atomic E-state index is 13.1. The van der Waals surface area contributed by atoms with Gasteiger partial charge < -0.3 is 20.9 Å². The van der Waals surface area contributed by atoms with E-state index in [1.165, 1.54) is 50.7 Å². The summed E-state index contributed by atoms with van der Waals surface area (Å²) in [5.74, 6) is 1.37. The van der Waals surface area contributed by atoms with Crippen LogP contribution in [-0.4, -0.2) is 42.2 Å². The molecule has 1 saturated carbocycles. The van der Waals surface area contributed by atoms with E-state index in [0.29, 0.717) is 11.7 Å². The molecule has 0 spiro atoms. The third-order valence-electron chi connectivity index (χ3n) is 5.83. The molecule has 0 amide bonds. The number of nitrogens with one attached hydrogen (secondary N) is 1. The molecule has 1 aliphatic heterocycles. The van der Waals surface area contributed by atoms with E-state index in [-0.39, 0.29) is 5.82 Å². The third kappa shape index (κ3) is 4.29. The summed E-state index contributed by atoms with van der Waals surface area (Å²) in [6.07, 6.45) is 9.13. The van der Waals surface area contributed by atoms with E-state index in [4.69, 9.17) is 5.73 Å². The van der Waals surface area contributed by atoms with Gasteiger partial charge in [-0.2, -0.15) is 0 Å². The van der Waals surface area contributed by atoms with Crippen molar-refractivity contribution < 1.29 is 4.39 Å². The maximum Gasteiger partial charge on any atom is 0.157 e. The molecule has 1 aromatic carbocycles. The number of halogens is 1. The third-order valence-corrected chi connectivity index (χ3v) is 5.83. The molecule has 28 heavy (non-hydrogen) atoms. The predicted octanol–water partition coefficient (Wildman–Crippen LogP) is 3.66. The first-order valence-corrected chi connectivity index (χ1v) is 10.3. The van der Waals surface area contributed by atoms with E-state index < -0.39 is 0 Å². The fourth-order valence-electron chi connectivity index (χ4n) is 4.20. The van der Waals surface area contributed by atoms with E-state index in [1.54, 1.807) is 6.33 Å². The Labute approximate surface area is 166 Å². The summed E-state index contributed by atoms with van der Waals surface area (Å²) in [4.78, 5) is 13.4. The molecule has 2 aliphatic rings. The first-order chi connectivity index (χ1) is 13.7. The highest BCUT2D eigenvalue weighted by Gasteiger charge is 2.22. The van der Waals surface area contributed by atoms with Crippen LogP contribution in [0.25, 0.3) is 0 Å². The molecule has 4 rings (SSSR count). The molecular formula is C21H29FN6. The number of piperazine rings is 1. The number of rotatable bonds is 4. The Morgan fingerprint density at radius 1 is 0.893 bits per heavy atom. The standard InChI is InChI=1S/C21H29FN6/c22-16-7-9-18(10-8-16)27-11-13-28(14-12-27)21-19(23)20(24-15-25-21)26-17-5-3-1-2-4-6-17/h7-10,15,17H,1-6,11-14,23H2,(H,24,25,26). The van der Waals surface area contributed by atoms with Gasteiger partial charge in [-0.1, -0.05) is 25.7 Å². The van der Waals surface area contributed by atoms with Gasteiger partial charge in [-0.15, -0.1) is 0 Å². The zero-order chi connectivity index (χ0) is 19.3. The number of hydrogen-bond acceptors (Lipinski definition) is 6. The minimum atomic E-state index is -0.204. The SMILES string of the molecule is Nc1c(NC2CCCCCC2)ncnc1N1CCN(c2ccc(F)cc2)CC1. The Morgan fingerprint density at radius 3 is 2.21 bits per heavy atom. The van der Waals surface area contributed by atoms with Gasteiger partial charge in [0.25, 0.3) is 0 Å². The first kappa shape index (κ1) is 18.8. The van der Waals surface area contributed by atoms with Crippen LogP contribution < -0.4 is 20.9 Å². The van der Waals surface area contributed by atoms with Crippen LogP contribution in [-0.2, 0) is 0 Å². The zero-order valence-electron chi connectivity index (χ0n) is 16.3. The maximum absolute atomic E-state index is 13.1. The highest BCUT2D eigenvalue weighted by Crippen LogP contribution is 2.30. The summed E-state index contributed by atoms with van der Waals surface area (Å²) < 4.78 is 13.1. The Hall–Kier alpha value is -2.57. The van der Waals surface area contributed by atoms with Crippen molar-refractivity contribution in [1.82, 2.24) is 9.97 Å². The largest absolute Gasteiger partial charge is 0.393 e. The molecule has 1 saturated heterocycles. The highest BCUT2D eigenvalue weighted by molar-refractivity contribution is 5.75. The lowest BCUT2D eigenvalue weighted by Gasteiger charge is -2.37. The van der Waals surface area contributed by atoms with Crippen molar-refractivity contribution in [3.8, 4) is 0 Å². The van der Waals surface area contributed by atoms with E-state index in [0.717, 1.165) is 43.5 Å². The molecular weight excluding hydrogens is 355 g/mol. The summed E-state index contributed by atoms with van der Waals surface area (Å²) in [5, 5.41) is 3.56. The molecule has 0 atom stereocenters. The smallest absolute Gasteiger partial charge is 0.157 e. The van der Waals surface area contributed by atoms with Crippen LogP contribution in [0.5, 0.6) is 0 Å². The first-order valence-electron chi connectivity index (χ1n) is 10.3. The molecule has 0 radical (unpaired) electrons. The normalized spacial score (nSPS) is 18.8. The van der Waals surface area contributed by atoms with Crippen LogP contribution in [0.1, 0.15) is 38.5 Å². The lowest BCUT2D eigenvalue weighted by Crippen LogP contribution is -2.47. The summed E-state index contributed by atoms with van der Waals surface area (Å²) >= 11 is 0. The van der Waals surface area contributed by atoms with Crippen LogP contribution in [0, 0.1) is 5.82 Å². The van der Waals surface area contributed by atoms with E-state index >= 15 is 0 Å². The van der Waals surface area contributed by atoms with Crippen molar-refractivity contribution in [2.24, 2.45) is 0 Å². The number of aromatic nitrogens is 2. The lowest BCUT2D eigenvalue weighted by atomic mass is 10.1. The van der Waals surface area contributed by atoms with Crippen LogP contribution in [0.2, 0.25) is 0 Å². The number of hydrogen-bond donors (Lipinski definition) is 2. The Bertz CT molecular complexity index is 765. The van der Waals surface area contributed by atoms with Gasteiger partial charge in [-0.05, 0) is 37.1 Å². The molecule has 2 fully saturated rings. The van der Waals surface area contributed by atoms with Crippen molar-refractivity contribution in [2.75, 3.05) is 47.0 Å². The fourth-order valence-corrected chi connectivity index (χ4v) is 4.20. The fraction of sp³-hybridized carbons (Fsp3) is 0.524. The summed E-state index contributed by atoms with van der Waals surface area (Å²) in [6, 6.07) is 7.13. The van der Waals surface area contributed by atoms with Crippen LogP contribution in [0.3, 0.4) is 0 Å². The van der Waals surface area contributed by atoms with Gasteiger partial charge in [0.2, 0.25) is 0 Å². The van der Waals surface area contributed by atoms with Crippen molar-refractivity contribution in [3.63, 3.8) is 0 Å². The van der Waals surface area contributed by atoms with E-state index in [9.17, 15) is 4.39 Å². The molecule has 150 valence electrons. The summed E-state index contributed by atoms with van der Waals surface area (Å²) in [5.41, 5.74) is 8.14. The van der Waals surface area contributed by atoms with Gasteiger partial charge in [-0.3, -0.25) is 0 Å². The monoisotopic (exact) mass is 384 g/mol. The van der Waals surface area contributed by atoms with Crippen molar-refractivity contribution in [2.45, 2.75) is 44.6 Å². The highest BCUT2D eigenvalue weighted by atomic mass is 19.1. The van der Waals surface area contributed by atoms with Crippen molar-refractivity contribution >= 4 is 23.0 Å². The van der Waals surface area contributed by atoms with Gasteiger partial charge in [-0.25, -0.2) is 14.4 Å². The molecule has 2 heterocycles. The van der Waals surface area contributed by atoms with E-state index in [1.807, 2.05) is 12.1 Å². The van der Waals surface area contributed by atoms with Gasteiger partial charge in [0.1, 0.15) is 17.8 Å². The van der Waals surface area contributed by atoms with Gasteiger partial charge in [0.05, 0.1) is 0 Å². The average Bonchev–Trinajstić information content (AvgIpc) is 2.99. The molecule has 0 unspecified atom stereocenters. The minimum absolute atomic E-state index is 0.204. The molecule has 7 heteroatoms. The van der Waals surface area contributed by atoms with Crippen LogP contribution in [0.4, 0.5) is 27.4 Å². The minimum Gasteiger partial charge on any atom is -0.393 e. The number of anilines is 4. The molecule has 1 aliphatic carbocycles. The Morgan fingerprint density at radius 2 is 1.54 bits per heavy atom. The number of nitrogen functional groups attached to an aromatic ring is 1. The predicted molar refractivity (Wildman–Crippen MR) is 112 cm³/mol. The lowest BCUT2D eigenvalue weighted by molar-refractivity contribution is 0.617. The van der Waals surface area contributed by atoms with Crippen LogP contribution in [0.15, 0.2) is 30.6 Å². The van der Waals surface area contributed by atoms with Crippen molar-refractivity contribution in [3.05, 3.63) is 36.4 Å². The number of benzene rings is 1. The summed E-state index contributed by atoms with van der Waals surface area (Å²) in [7, 11) is 0. The Balaban J connectivity index is 1.41. The van der Waals surface area contributed by atoms with Crippen molar-refractivity contribution in [1.29, 1.82) is 0 Å². The second-order valence-corrected chi connectivity index (χ2v) is 7.74. The topological polar surface area (TPSA) is 70.3 Å². The molecule has 1 aromatic heterocycles. The van der Waals surface area contributed by atoms with Gasteiger partial charge in [0.15, 0.2) is 11.6 Å². The number of nitrogens with two attached hydrogens (primary N) is 1. The van der Waals surface area contributed by atoms with Gasteiger partial charge >= 0.3 is 0 Å². The molecule has 3 N–H and O–H groups in total. The number of nitrogens with zero attached hydrogens (tertiary/aromatic N) is 4. The van der Waals surface area contributed by atoms with Crippen LogP contribution >= 0.6 is 0 Å². The second-order valence-electron chi connectivity index (χ2n) is 7.74. The quantitative estimate of drug-likeness (QED) is 0.784. The Kier molecular flexibility index (Phi) is 5.78. The second kappa shape index (κ2) is 8.63.